The average molecular weight is 332 g/mol. The molecule has 0 atom stereocenters. The van der Waals surface area contributed by atoms with E-state index in [0.29, 0.717) is 26.6 Å². The molecule has 106 valence electrons. The molecule has 0 radical (unpaired) electrons. The minimum Gasteiger partial charge on any atom is -0.370 e. The van der Waals surface area contributed by atoms with Gasteiger partial charge in [0, 0.05) is 12.1 Å². The van der Waals surface area contributed by atoms with E-state index in [4.69, 9.17) is 34.8 Å². The standard InChI is InChI=1S/C13H13Cl3N4/c1-3-17-12-7(2)13(19-6-18-12)20-11-5-9(15)8(14)4-10(11)16/h4-6H,3H2,1-2H3,(H2,17,18,19,20). The SMILES string of the molecule is CCNc1ncnc(Nc2cc(Cl)c(Cl)cc2Cl)c1C. The Morgan fingerprint density at radius 3 is 2.35 bits per heavy atom. The topological polar surface area (TPSA) is 49.8 Å². The lowest BCUT2D eigenvalue weighted by Crippen LogP contribution is -2.05. The maximum Gasteiger partial charge on any atom is 0.138 e. The van der Waals surface area contributed by atoms with Gasteiger partial charge in [-0.2, -0.15) is 0 Å². The smallest absolute Gasteiger partial charge is 0.138 e. The molecule has 20 heavy (non-hydrogen) atoms. The molecule has 0 aliphatic rings. The van der Waals surface area contributed by atoms with Crippen molar-refractivity contribution in [1.82, 2.24) is 9.97 Å². The Bertz CT molecular complexity index is 631. The first kappa shape index (κ1) is 15.2. The minimum absolute atomic E-state index is 0.412. The zero-order valence-electron chi connectivity index (χ0n) is 11.0. The summed E-state index contributed by atoms with van der Waals surface area (Å²) in [6, 6.07) is 3.26. The fraction of sp³-hybridized carbons (Fsp3) is 0.231. The number of aromatic nitrogens is 2. The van der Waals surface area contributed by atoms with Gasteiger partial charge in [-0.05, 0) is 26.0 Å². The summed E-state index contributed by atoms with van der Waals surface area (Å²) in [5.74, 6) is 1.44. The molecular weight excluding hydrogens is 319 g/mol. The van der Waals surface area contributed by atoms with Crippen LogP contribution in [0.25, 0.3) is 0 Å². The zero-order valence-corrected chi connectivity index (χ0v) is 13.2. The maximum atomic E-state index is 6.14. The van der Waals surface area contributed by atoms with Gasteiger partial charge in [0.05, 0.1) is 20.8 Å². The average Bonchev–Trinajstić information content (AvgIpc) is 2.40. The Kier molecular flexibility index (Phi) is 4.91. The van der Waals surface area contributed by atoms with Crippen LogP contribution in [0.2, 0.25) is 15.1 Å². The number of anilines is 3. The summed E-state index contributed by atoms with van der Waals surface area (Å²) in [6.45, 7) is 4.71. The van der Waals surface area contributed by atoms with Crippen molar-refractivity contribution >= 4 is 52.1 Å². The van der Waals surface area contributed by atoms with Crippen LogP contribution in [0.3, 0.4) is 0 Å². The van der Waals surface area contributed by atoms with Crippen LogP contribution in [0.5, 0.6) is 0 Å². The van der Waals surface area contributed by atoms with E-state index in [1.54, 1.807) is 12.1 Å². The highest BCUT2D eigenvalue weighted by Crippen LogP contribution is 2.34. The summed E-state index contributed by atoms with van der Waals surface area (Å²) >= 11 is 18.0. The lowest BCUT2D eigenvalue weighted by molar-refractivity contribution is 1.08. The van der Waals surface area contributed by atoms with Crippen LogP contribution in [0.15, 0.2) is 18.5 Å². The van der Waals surface area contributed by atoms with E-state index >= 15 is 0 Å². The van der Waals surface area contributed by atoms with Crippen molar-refractivity contribution in [2.75, 3.05) is 17.2 Å². The van der Waals surface area contributed by atoms with Crippen LogP contribution in [0.1, 0.15) is 12.5 Å². The van der Waals surface area contributed by atoms with Gasteiger partial charge >= 0.3 is 0 Å². The Morgan fingerprint density at radius 1 is 1.00 bits per heavy atom. The number of halogens is 3. The molecule has 1 aromatic heterocycles. The molecule has 2 rings (SSSR count). The van der Waals surface area contributed by atoms with Gasteiger partial charge in [-0.25, -0.2) is 9.97 Å². The second-order valence-corrected chi connectivity index (χ2v) is 5.32. The fourth-order valence-electron chi connectivity index (χ4n) is 1.67. The molecule has 2 N–H and O–H groups in total. The number of benzene rings is 1. The quantitative estimate of drug-likeness (QED) is 0.781. The normalized spacial score (nSPS) is 10.4. The van der Waals surface area contributed by atoms with Gasteiger partial charge in [0.15, 0.2) is 0 Å². The van der Waals surface area contributed by atoms with Crippen molar-refractivity contribution in [3.63, 3.8) is 0 Å². The molecule has 7 heteroatoms. The number of hydrogen-bond acceptors (Lipinski definition) is 4. The summed E-state index contributed by atoms with van der Waals surface area (Å²) in [6.07, 6.45) is 1.48. The van der Waals surface area contributed by atoms with E-state index in [2.05, 4.69) is 20.6 Å². The van der Waals surface area contributed by atoms with E-state index in [9.17, 15) is 0 Å². The third-order valence-corrected chi connectivity index (χ3v) is 3.73. The molecule has 4 nitrogen and oxygen atoms in total. The zero-order chi connectivity index (χ0) is 14.7. The van der Waals surface area contributed by atoms with Gasteiger partial charge in [0.25, 0.3) is 0 Å². The van der Waals surface area contributed by atoms with E-state index in [1.807, 2.05) is 13.8 Å². The molecule has 0 saturated heterocycles. The maximum absolute atomic E-state index is 6.14. The fourth-order valence-corrected chi connectivity index (χ4v) is 2.26. The first-order chi connectivity index (χ1) is 9.52. The molecule has 0 fully saturated rings. The molecule has 0 aliphatic heterocycles. The Balaban J connectivity index is 2.35. The summed E-state index contributed by atoms with van der Waals surface area (Å²) < 4.78 is 0. The first-order valence-corrected chi connectivity index (χ1v) is 7.13. The first-order valence-electron chi connectivity index (χ1n) is 6.00. The molecule has 0 aliphatic carbocycles. The van der Waals surface area contributed by atoms with Gasteiger partial charge in [-0.3, -0.25) is 0 Å². The van der Waals surface area contributed by atoms with Crippen molar-refractivity contribution in [2.45, 2.75) is 13.8 Å². The Labute approximate surface area is 132 Å². The van der Waals surface area contributed by atoms with Crippen LogP contribution < -0.4 is 10.6 Å². The third kappa shape index (κ3) is 3.26. The van der Waals surface area contributed by atoms with Crippen LogP contribution in [-0.2, 0) is 0 Å². The predicted octanol–water partition coefficient (Wildman–Crippen LogP) is 4.92. The minimum atomic E-state index is 0.412. The van der Waals surface area contributed by atoms with Crippen molar-refractivity contribution in [3.8, 4) is 0 Å². The lowest BCUT2D eigenvalue weighted by atomic mass is 10.2. The second-order valence-electron chi connectivity index (χ2n) is 4.10. The van der Waals surface area contributed by atoms with E-state index < -0.39 is 0 Å². The van der Waals surface area contributed by atoms with Crippen molar-refractivity contribution < 1.29 is 0 Å². The van der Waals surface area contributed by atoms with Gasteiger partial charge < -0.3 is 10.6 Å². The summed E-state index contributed by atoms with van der Waals surface area (Å²) in [5, 5.41) is 7.62. The third-order valence-electron chi connectivity index (χ3n) is 2.69. The lowest BCUT2D eigenvalue weighted by Gasteiger charge is -2.13. The molecule has 0 bridgehead atoms. The van der Waals surface area contributed by atoms with Crippen LogP contribution in [-0.4, -0.2) is 16.5 Å². The Morgan fingerprint density at radius 2 is 1.65 bits per heavy atom. The molecule has 1 heterocycles. The number of nitrogens with one attached hydrogen (secondary N) is 2. The highest BCUT2D eigenvalue weighted by atomic mass is 35.5. The number of nitrogens with zero attached hydrogens (tertiary/aromatic N) is 2. The molecule has 0 unspecified atom stereocenters. The second kappa shape index (κ2) is 6.48. The number of rotatable bonds is 4. The van der Waals surface area contributed by atoms with Gasteiger partial charge in [0.1, 0.15) is 18.0 Å². The van der Waals surface area contributed by atoms with Crippen molar-refractivity contribution in [1.29, 1.82) is 0 Å². The van der Waals surface area contributed by atoms with Gasteiger partial charge in [0.2, 0.25) is 0 Å². The summed E-state index contributed by atoms with van der Waals surface area (Å²) in [7, 11) is 0. The molecule has 2 aromatic rings. The highest BCUT2D eigenvalue weighted by Gasteiger charge is 2.10. The van der Waals surface area contributed by atoms with Crippen LogP contribution in [0.4, 0.5) is 17.3 Å². The monoisotopic (exact) mass is 330 g/mol. The molecular formula is C13H13Cl3N4. The van der Waals surface area contributed by atoms with Crippen molar-refractivity contribution in [2.24, 2.45) is 0 Å². The molecule has 1 aromatic carbocycles. The molecule has 0 amide bonds. The van der Waals surface area contributed by atoms with Gasteiger partial charge in [-0.1, -0.05) is 34.8 Å². The van der Waals surface area contributed by atoms with Crippen LogP contribution >= 0.6 is 34.8 Å². The van der Waals surface area contributed by atoms with Crippen molar-refractivity contribution in [3.05, 3.63) is 39.1 Å². The summed E-state index contributed by atoms with van der Waals surface area (Å²) in [5.41, 5.74) is 1.54. The molecule has 0 saturated carbocycles. The van der Waals surface area contributed by atoms with Crippen LogP contribution in [0, 0.1) is 6.92 Å². The largest absolute Gasteiger partial charge is 0.370 e. The highest BCUT2D eigenvalue weighted by molar-refractivity contribution is 6.44. The Hall–Kier alpha value is -1.23. The summed E-state index contributed by atoms with van der Waals surface area (Å²) in [4.78, 5) is 8.39. The molecule has 0 spiro atoms. The van der Waals surface area contributed by atoms with E-state index in [1.165, 1.54) is 6.33 Å². The number of hydrogen-bond donors (Lipinski definition) is 2. The van der Waals surface area contributed by atoms with E-state index in [-0.39, 0.29) is 0 Å². The van der Waals surface area contributed by atoms with Gasteiger partial charge in [-0.15, -0.1) is 0 Å². The van der Waals surface area contributed by atoms with E-state index in [0.717, 1.165) is 17.9 Å². The predicted molar refractivity (Wildman–Crippen MR) is 85.7 cm³/mol.